The molecule has 0 N–H and O–H groups in total. The van der Waals surface area contributed by atoms with E-state index in [1.165, 1.54) is 18.3 Å². The van der Waals surface area contributed by atoms with Crippen molar-refractivity contribution in [1.29, 1.82) is 0 Å². The molecule has 8 heteroatoms. The van der Waals surface area contributed by atoms with Gasteiger partial charge in [0.05, 0.1) is 29.3 Å². The van der Waals surface area contributed by atoms with Gasteiger partial charge in [-0.1, -0.05) is 60.7 Å². The molecule has 0 aliphatic carbocycles. The quantitative estimate of drug-likeness (QED) is 0.197. The van der Waals surface area contributed by atoms with Gasteiger partial charge in [0.25, 0.3) is 5.24 Å². The molecule has 0 fully saturated rings. The highest BCUT2D eigenvalue weighted by molar-refractivity contribution is 6.67. The molecule has 36 heavy (non-hydrogen) atoms. The van der Waals surface area contributed by atoms with Crippen molar-refractivity contribution >= 4 is 39.7 Å². The number of nitrogens with zero attached hydrogens (tertiary/aromatic N) is 1. The molecule has 0 aliphatic heterocycles. The molecule has 0 radical (unpaired) electrons. The number of fused-ring (bicyclic) bond motifs is 1. The highest BCUT2D eigenvalue weighted by Gasteiger charge is 2.21. The Morgan fingerprint density at radius 2 is 1.31 bits per heavy atom. The molecule has 0 aliphatic rings. The zero-order chi connectivity index (χ0) is 25.7. The van der Waals surface area contributed by atoms with Crippen LogP contribution in [-0.4, -0.2) is 21.7 Å². The summed E-state index contributed by atoms with van der Waals surface area (Å²) >= 11 is 5.62. The summed E-state index contributed by atoms with van der Waals surface area (Å²) in [6.07, 6.45) is 1.32. The Morgan fingerprint density at radius 3 is 1.78 bits per heavy atom. The molecule has 0 saturated heterocycles. The smallest absolute Gasteiger partial charge is 0.315 e. The molecule has 3 aromatic carbocycles. The standard InChI is InChI=1S/C28H22ClNO6/c1-2-30-17-21(28(29)34)27(33)20-15-23(35-25(31)13-18-9-5-3-6-10-18)24(16-22(20)30)36-26(32)14-19-11-7-4-8-12-19/h3-12,15-17H,2,13-14H2,1H3. The van der Waals surface area contributed by atoms with Gasteiger partial charge in [-0.05, 0) is 35.7 Å². The second-order valence-electron chi connectivity index (χ2n) is 8.02. The normalized spacial score (nSPS) is 10.7. The second kappa shape index (κ2) is 11.0. The Kier molecular flexibility index (Phi) is 7.61. The number of pyridine rings is 1. The number of hydrogen-bond donors (Lipinski definition) is 0. The van der Waals surface area contributed by atoms with Gasteiger partial charge in [0.15, 0.2) is 11.5 Å². The van der Waals surface area contributed by atoms with E-state index in [-0.39, 0.29) is 35.3 Å². The van der Waals surface area contributed by atoms with Crippen LogP contribution in [0, 0.1) is 0 Å². The molecule has 7 nitrogen and oxygen atoms in total. The molecule has 1 heterocycles. The maximum absolute atomic E-state index is 13.0. The third kappa shape index (κ3) is 5.70. The molecule has 0 atom stereocenters. The summed E-state index contributed by atoms with van der Waals surface area (Å²) in [4.78, 5) is 50.2. The van der Waals surface area contributed by atoms with Crippen molar-refractivity contribution < 1.29 is 23.9 Å². The fourth-order valence-electron chi connectivity index (χ4n) is 3.80. The third-order valence-corrected chi connectivity index (χ3v) is 5.73. The van der Waals surface area contributed by atoms with Crippen LogP contribution in [-0.2, 0) is 29.0 Å². The largest absolute Gasteiger partial charge is 0.422 e. The van der Waals surface area contributed by atoms with Gasteiger partial charge in [-0.3, -0.25) is 19.2 Å². The first-order valence-corrected chi connectivity index (χ1v) is 11.6. The Labute approximate surface area is 211 Å². The van der Waals surface area contributed by atoms with Crippen molar-refractivity contribution in [3.05, 3.63) is 106 Å². The molecular weight excluding hydrogens is 482 g/mol. The first-order valence-electron chi connectivity index (χ1n) is 11.3. The molecule has 0 amide bonds. The lowest BCUT2D eigenvalue weighted by Crippen LogP contribution is -2.19. The summed E-state index contributed by atoms with van der Waals surface area (Å²) < 4.78 is 12.8. The van der Waals surface area contributed by atoms with Crippen molar-refractivity contribution in [2.24, 2.45) is 0 Å². The van der Waals surface area contributed by atoms with Gasteiger partial charge in [-0.25, -0.2) is 0 Å². The van der Waals surface area contributed by atoms with Crippen molar-refractivity contribution in [2.45, 2.75) is 26.3 Å². The van der Waals surface area contributed by atoms with Gasteiger partial charge in [-0.15, -0.1) is 0 Å². The van der Waals surface area contributed by atoms with E-state index in [9.17, 15) is 19.2 Å². The summed E-state index contributed by atoms with van der Waals surface area (Å²) in [5.74, 6) is -1.31. The number of ether oxygens (including phenoxy) is 2. The summed E-state index contributed by atoms with van der Waals surface area (Å²) in [5, 5.41) is -0.793. The van der Waals surface area contributed by atoms with Crippen LogP contribution in [0.3, 0.4) is 0 Å². The fourth-order valence-corrected chi connectivity index (χ4v) is 3.94. The van der Waals surface area contributed by atoms with Gasteiger partial charge in [0, 0.05) is 18.8 Å². The molecule has 0 bridgehead atoms. The van der Waals surface area contributed by atoms with Gasteiger partial charge in [-0.2, -0.15) is 0 Å². The van der Waals surface area contributed by atoms with E-state index in [1.807, 2.05) is 31.2 Å². The van der Waals surface area contributed by atoms with Gasteiger partial charge in [0.2, 0.25) is 5.43 Å². The van der Waals surface area contributed by atoms with Crippen LogP contribution < -0.4 is 14.9 Å². The fraction of sp³-hybridized carbons (Fsp3) is 0.143. The van der Waals surface area contributed by atoms with Crippen LogP contribution in [0.15, 0.2) is 83.8 Å². The van der Waals surface area contributed by atoms with Crippen LogP contribution in [0.5, 0.6) is 11.5 Å². The van der Waals surface area contributed by atoms with Crippen LogP contribution >= 0.6 is 11.6 Å². The number of esters is 2. The SMILES string of the molecule is CCn1cc(C(=O)Cl)c(=O)c2cc(OC(=O)Cc3ccccc3)c(OC(=O)Cc3ccccc3)cc21. The molecule has 0 unspecified atom stereocenters. The number of rotatable bonds is 8. The van der Waals surface area contributed by atoms with Crippen LogP contribution in [0.1, 0.15) is 28.4 Å². The number of carbonyl (C=O) groups is 3. The Hall–Kier alpha value is -4.23. The van der Waals surface area contributed by atoms with Crippen molar-refractivity contribution in [3.63, 3.8) is 0 Å². The zero-order valence-electron chi connectivity index (χ0n) is 19.4. The van der Waals surface area contributed by atoms with E-state index < -0.39 is 22.6 Å². The predicted molar refractivity (Wildman–Crippen MR) is 136 cm³/mol. The minimum Gasteiger partial charge on any atom is -0.422 e. The number of benzene rings is 3. The highest BCUT2D eigenvalue weighted by Crippen LogP contribution is 2.33. The summed E-state index contributed by atoms with van der Waals surface area (Å²) in [7, 11) is 0. The molecular formula is C28H22ClNO6. The highest BCUT2D eigenvalue weighted by atomic mass is 35.5. The maximum Gasteiger partial charge on any atom is 0.315 e. The molecule has 4 aromatic rings. The van der Waals surface area contributed by atoms with Crippen LogP contribution in [0.4, 0.5) is 0 Å². The minimum absolute atomic E-state index is 0.00342. The van der Waals surface area contributed by atoms with Gasteiger partial charge in [0.1, 0.15) is 0 Å². The van der Waals surface area contributed by atoms with Crippen molar-refractivity contribution in [2.75, 3.05) is 0 Å². The van der Waals surface area contributed by atoms with Gasteiger partial charge >= 0.3 is 11.9 Å². The first kappa shape index (κ1) is 24.9. The van der Waals surface area contributed by atoms with E-state index in [0.29, 0.717) is 12.1 Å². The molecule has 0 spiro atoms. The summed E-state index contributed by atoms with van der Waals surface area (Å²) in [5.41, 5.74) is 1.06. The summed E-state index contributed by atoms with van der Waals surface area (Å²) in [6.45, 7) is 2.22. The van der Waals surface area contributed by atoms with Crippen LogP contribution in [0.2, 0.25) is 0 Å². The molecule has 182 valence electrons. The second-order valence-corrected chi connectivity index (χ2v) is 8.36. The number of hydrogen-bond acceptors (Lipinski definition) is 6. The first-order chi connectivity index (χ1) is 17.4. The van der Waals surface area contributed by atoms with E-state index in [4.69, 9.17) is 21.1 Å². The Morgan fingerprint density at radius 1 is 0.806 bits per heavy atom. The number of halogens is 1. The lowest BCUT2D eigenvalue weighted by Gasteiger charge is -2.15. The number of carbonyl (C=O) groups excluding carboxylic acids is 3. The maximum atomic E-state index is 13.0. The van der Waals surface area contributed by atoms with E-state index in [1.54, 1.807) is 41.0 Å². The topological polar surface area (TPSA) is 91.7 Å². The van der Waals surface area contributed by atoms with Crippen molar-refractivity contribution in [3.8, 4) is 11.5 Å². The van der Waals surface area contributed by atoms with Crippen molar-refractivity contribution in [1.82, 2.24) is 4.57 Å². The lowest BCUT2D eigenvalue weighted by atomic mass is 10.1. The Bertz CT molecular complexity index is 1500. The minimum atomic E-state index is -0.898. The van der Waals surface area contributed by atoms with E-state index in [0.717, 1.165) is 11.1 Å². The molecule has 0 saturated carbocycles. The van der Waals surface area contributed by atoms with E-state index >= 15 is 0 Å². The summed E-state index contributed by atoms with van der Waals surface area (Å²) in [6, 6.07) is 20.8. The predicted octanol–water partition coefficient (Wildman–Crippen LogP) is 4.70. The van der Waals surface area contributed by atoms with Crippen LogP contribution in [0.25, 0.3) is 10.9 Å². The van der Waals surface area contributed by atoms with E-state index in [2.05, 4.69) is 0 Å². The average Bonchev–Trinajstić information content (AvgIpc) is 2.86. The zero-order valence-corrected chi connectivity index (χ0v) is 20.2. The Balaban J connectivity index is 1.76. The molecule has 1 aromatic heterocycles. The average molecular weight is 504 g/mol. The lowest BCUT2D eigenvalue weighted by molar-refractivity contribution is -0.136. The monoisotopic (exact) mass is 503 g/mol. The van der Waals surface area contributed by atoms with Gasteiger partial charge < -0.3 is 14.0 Å². The number of aryl methyl sites for hydroxylation is 1. The molecule has 4 rings (SSSR count). The third-order valence-electron chi connectivity index (χ3n) is 5.53. The number of aromatic nitrogens is 1.